The van der Waals surface area contributed by atoms with E-state index in [1.165, 1.54) is 0 Å². The van der Waals surface area contributed by atoms with Crippen molar-refractivity contribution in [3.05, 3.63) is 35.9 Å². The van der Waals surface area contributed by atoms with E-state index < -0.39 is 0 Å². The Morgan fingerprint density at radius 1 is 1.40 bits per heavy atom. The molecule has 0 bridgehead atoms. The quantitative estimate of drug-likeness (QED) is 0.362. The Kier molecular flexibility index (Phi) is 4.97. The molecule has 1 aromatic rings. The number of hydrogen-bond donors (Lipinski definition) is 0. The highest BCUT2D eigenvalue weighted by molar-refractivity contribution is 5.98. The van der Waals surface area contributed by atoms with Crippen LogP contribution in [0.5, 0.6) is 0 Å². The second kappa shape index (κ2) is 6.92. The number of nitrogens with zero attached hydrogens (tertiary/aromatic N) is 4. The van der Waals surface area contributed by atoms with Gasteiger partial charge in [0.05, 0.1) is 12.6 Å². The average Bonchev–Trinajstić information content (AvgIpc) is 2.48. The van der Waals surface area contributed by atoms with Crippen molar-refractivity contribution in [3.63, 3.8) is 0 Å². The molecule has 0 N–H and O–H groups in total. The van der Waals surface area contributed by atoms with Crippen molar-refractivity contribution in [2.45, 2.75) is 13.0 Å². The first-order valence-electron chi connectivity index (χ1n) is 6.78. The molecule has 0 aliphatic carbocycles. The van der Waals surface area contributed by atoms with Crippen molar-refractivity contribution in [2.75, 3.05) is 33.3 Å². The third kappa shape index (κ3) is 3.28. The van der Waals surface area contributed by atoms with Crippen LogP contribution in [0.4, 0.5) is 0 Å². The summed E-state index contributed by atoms with van der Waals surface area (Å²) in [6.45, 7) is 5.18. The maximum absolute atomic E-state index is 8.82. The van der Waals surface area contributed by atoms with Gasteiger partial charge >= 0.3 is 0 Å². The van der Waals surface area contributed by atoms with Gasteiger partial charge in [-0.05, 0) is 6.92 Å². The normalized spacial score (nSPS) is 20.6. The first-order chi connectivity index (χ1) is 9.76. The molecule has 1 heterocycles. The van der Waals surface area contributed by atoms with Crippen molar-refractivity contribution in [3.8, 4) is 6.07 Å². The van der Waals surface area contributed by atoms with Crippen molar-refractivity contribution in [2.24, 2.45) is 5.16 Å². The Morgan fingerprint density at radius 2 is 2.15 bits per heavy atom. The van der Waals surface area contributed by atoms with Crippen molar-refractivity contribution in [1.29, 1.82) is 5.26 Å². The van der Waals surface area contributed by atoms with Gasteiger partial charge in [-0.3, -0.25) is 4.90 Å². The molecule has 20 heavy (non-hydrogen) atoms. The van der Waals surface area contributed by atoms with E-state index in [0.29, 0.717) is 12.6 Å². The van der Waals surface area contributed by atoms with E-state index in [1.807, 2.05) is 30.3 Å². The van der Waals surface area contributed by atoms with Gasteiger partial charge in [0, 0.05) is 31.2 Å². The summed E-state index contributed by atoms with van der Waals surface area (Å²) in [5.41, 5.74) is 1.05. The molecule has 0 saturated carbocycles. The highest BCUT2D eigenvalue weighted by Gasteiger charge is 2.26. The third-order valence-electron chi connectivity index (χ3n) is 3.55. The molecule has 0 aromatic heterocycles. The third-order valence-corrected chi connectivity index (χ3v) is 3.55. The zero-order valence-corrected chi connectivity index (χ0v) is 12.0. The lowest BCUT2D eigenvalue weighted by Gasteiger charge is -2.39. The van der Waals surface area contributed by atoms with E-state index in [1.54, 1.807) is 7.11 Å². The summed E-state index contributed by atoms with van der Waals surface area (Å²) >= 11 is 0. The molecule has 5 nitrogen and oxygen atoms in total. The Hall–Kier alpha value is -2.06. The van der Waals surface area contributed by atoms with Gasteiger partial charge in [0.1, 0.15) is 7.11 Å². The monoisotopic (exact) mass is 272 g/mol. The maximum atomic E-state index is 8.82. The summed E-state index contributed by atoms with van der Waals surface area (Å²) in [4.78, 5) is 9.41. The highest BCUT2D eigenvalue weighted by Crippen LogP contribution is 2.14. The Bertz CT molecular complexity index is 494. The van der Waals surface area contributed by atoms with Gasteiger partial charge in [0.25, 0.3) is 0 Å². The lowest BCUT2D eigenvalue weighted by Crippen LogP contribution is -2.53. The number of oxime groups is 1. The van der Waals surface area contributed by atoms with Gasteiger partial charge in [-0.1, -0.05) is 35.5 Å². The van der Waals surface area contributed by atoms with Crippen LogP contribution in [0.3, 0.4) is 0 Å². The topological polar surface area (TPSA) is 51.9 Å². The SMILES string of the molecule is CON=C(c1ccccc1)N1CCN(CC#N)[C@H](C)C1. The van der Waals surface area contributed by atoms with Crippen LogP contribution in [0.25, 0.3) is 0 Å². The van der Waals surface area contributed by atoms with Crippen LogP contribution >= 0.6 is 0 Å². The summed E-state index contributed by atoms with van der Waals surface area (Å²) in [6, 6.07) is 12.6. The lowest BCUT2D eigenvalue weighted by atomic mass is 10.1. The molecule has 1 atom stereocenters. The predicted molar refractivity (Wildman–Crippen MR) is 78.2 cm³/mol. The fourth-order valence-corrected chi connectivity index (χ4v) is 2.48. The second-order valence-electron chi connectivity index (χ2n) is 4.89. The minimum absolute atomic E-state index is 0.328. The molecule has 1 aliphatic heterocycles. The van der Waals surface area contributed by atoms with Gasteiger partial charge in [-0.2, -0.15) is 5.26 Å². The molecular weight excluding hydrogens is 252 g/mol. The fraction of sp³-hybridized carbons (Fsp3) is 0.467. The molecule has 0 unspecified atom stereocenters. The minimum atomic E-state index is 0.328. The summed E-state index contributed by atoms with van der Waals surface area (Å²) in [7, 11) is 1.57. The molecule has 0 spiro atoms. The fourth-order valence-electron chi connectivity index (χ4n) is 2.48. The number of hydrogen-bond acceptors (Lipinski definition) is 4. The zero-order valence-electron chi connectivity index (χ0n) is 12.0. The van der Waals surface area contributed by atoms with Crippen LogP contribution in [0.2, 0.25) is 0 Å². The average molecular weight is 272 g/mol. The van der Waals surface area contributed by atoms with Crippen molar-refractivity contribution < 1.29 is 4.84 Å². The van der Waals surface area contributed by atoms with Crippen molar-refractivity contribution >= 4 is 5.84 Å². The van der Waals surface area contributed by atoms with Crippen LogP contribution in [-0.4, -0.2) is 55.0 Å². The number of benzene rings is 1. The number of piperazine rings is 1. The molecule has 1 saturated heterocycles. The zero-order chi connectivity index (χ0) is 14.4. The molecule has 5 heteroatoms. The number of amidine groups is 1. The Labute approximate surface area is 120 Å². The van der Waals surface area contributed by atoms with Crippen LogP contribution in [0.1, 0.15) is 12.5 Å². The van der Waals surface area contributed by atoms with Crippen LogP contribution in [-0.2, 0) is 4.84 Å². The van der Waals surface area contributed by atoms with Gasteiger partial charge in [-0.25, -0.2) is 0 Å². The van der Waals surface area contributed by atoms with E-state index in [0.717, 1.165) is 31.0 Å². The summed E-state index contributed by atoms with van der Waals surface area (Å²) < 4.78 is 0. The molecule has 2 rings (SSSR count). The summed E-state index contributed by atoms with van der Waals surface area (Å²) in [5.74, 6) is 0.858. The standard InChI is InChI=1S/C15H20N4O/c1-13-12-19(11-10-18(13)9-8-16)15(17-20-2)14-6-4-3-5-7-14/h3-7,13H,9-12H2,1-2H3/t13-/m1/s1. The second-order valence-corrected chi connectivity index (χ2v) is 4.89. The van der Waals surface area contributed by atoms with Crippen molar-refractivity contribution in [1.82, 2.24) is 9.80 Å². The van der Waals surface area contributed by atoms with Gasteiger partial charge in [0.15, 0.2) is 5.84 Å². The van der Waals surface area contributed by atoms with Gasteiger partial charge < -0.3 is 9.74 Å². The molecule has 1 aliphatic rings. The van der Waals surface area contributed by atoms with Crippen LogP contribution in [0, 0.1) is 11.3 Å². The number of nitriles is 1. The van der Waals surface area contributed by atoms with Gasteiger partial charge in [0.2, 0.25) is 0 Å². The van der Waals surface area contributed by atoms with E-state index >= 15 is 0 Å². The van der Waals surface area contributed by atoms with E-state index in [4.69, 9.17) is 10.1 Å². The largest absolute Gasteiger partial charge is 0.397 e. The molecule has 0 radical (unpaired) electrons. The first-order valence-corrected chi connectivity index (χ1v) is 6.78. The maximum Gasteiger partial charge on any atom is 0.175 e. The summed E-state index contributed by atoms with van der Waals surface area (Å²) in [6.07, 6.45) is 0. The summed E-state index contributed by atoms with van der Waals surface area (Å²) in [5, 5.41) is 13.0. The molecule has 1 fully saturated rings. The smallest absolute Gasteiger partial charge is 0.175 e. The van der Waals surface area contributed by atoms with Gasteiger partial charge in [-0.15, -0.1) is 0 Å². The molecule has 1 aromatic carbocycles. The molecule has 0 amide bonds. The van der Waals surface area contributed by atoms with Crippen LogP contribution < -0.4 is 0 Å². The van der Waals surface area contributed by atoms with E-state index in [9.17, 15) is 0 Å². The molecular formula is C15H20N4O. The lowest BCUT2D eigenvalue weighted by molar-refractivity contribution is 0.132. The number of rotatable bonds is 3. The minimum Gasteiger partial charge on any atom is -0.397 e. The highest BCUT2D eigenvalue weighted by atomic mass is 16.6. The first kappa shape index (κ1) is 14.4. The van der Waals surface area contributed by atoms with Crippen LogP contribution in [0.15, 0.2) is 35.5 Å². The molecule has 106 valence electrons. The van der Waals surface area contributed by atoms with E-state index in [-0.39, 0.29) is 0 Å². The predicted octanol–water partition coefficient (Wildman–Crippen LogP) is 1.52. The van der Waals surface area contributed by atoms with E-state index in [2.05, 4.69) is 27.9 Å². The Balaban J connectivity index is 2.13. The Morgan fingerprint density at radius 3 is 2.75 bits per heavy atom.